The number of tetrazole rings is 1. The number of hydrogen-bond donors (Lipinski definition) is 0. The molecule has 0 saturated carbocycles. The predicted molar refractivity (Wildman–Crippen MR) is 69.4 cm³/mol. The first-order valence-corrected chi connectivity index (χ1v) is 6.43. The van der Waals surface area contributed by atoms with Gasteiger partial charge in [-0.1, -0.05) is 29.5 Å². The van der Waals surface area contributed by atoms with Crippen LogP contribution in [-0.2, 0) is 6.54 Å². The molecule has 0 saturated heterocycles. The SMILES string of the molecule is Cc1nn(Cc2nnnn2-c2ccccc2)c(=O)s1. The molecule has 8 heteroatoms. The molecule has 2 aromatic heterocycles. The van der Waals surface area contributed by atoms with E-state index in [1.54, 1.807) is 11.6 Å². The molecule has 0 atom stereocenters. The molecule has 0 unspecified atom stereocenters. The molecule has 7 nitrogen and oxygen atoms in total. The minimum absolute atomic E-state index is 0.111. The van der Waals surface area contributed by atoms with Crippen molar-refractivity contribution in [1.29, 1.82) is 0 Å². The lowest BCUT2D eigenvalue weighted by Crippen LogP contribution is -2.18. The Balaban J connectivity index is 1.97. The van der Waals surface area contributed by atoms with Crippen molar-refractivity contribution in [2.75, 3.05) is 0 Å². The third kappa shape index (κ3) is 2.29. The van der Waals surface area contributed by atoms with Crippen molar-refractivity contribution in [2.24, 2.45) is 0 Å². The average Bonchev–Trinajstić information content (AvgIpc) is 2.98. The van der Waals surface area contributed by atoms with E-state index in [1.165, 1.54) is 4.68 Å². The van der Waals surface area contributed by atoms with Crippen molar-refractivity contribution in [3.63, 3.8) is 0 Å². The highest BCUT2D eigenvalue weighted by molar-refractivity contribution is 7.08. The quantitative estimate of drug-likeness (QED) is 0.700. The third-order valence-corrected chi connectivity index (χ3v) is 3.30. The zero-order valence-electron chi connectivity index (χ0n) is 10.1. The molecular formula is C11H10N6OS. The number of para-hydroxylation sites is 1. The molecule has 0 spiro atoms. The van der Waals surface area contributed by atoms with E-state index < -0.39 is 0 Å². The Labute approximate surface area is 112 Å². The van der Waals surface area contributed by atoms with E-state index in [9.17, 15) is 4.79 Å². The molecular weight excluding hydrogens is 264 g/mol. The fourth-order valence-electron chi connectivity index (χ4n) is 1.72. The van der Waals surface area contributed by atoms with Crippen LogP contribution in [0.1, 0.15) is 10.8 Å². The lowest BCUT2D eigenvalue weighted by molar-refractivity contribution is 0.614. The molecule has 1 aromatic carbocycles. The number of aromatic nitrogens is 6. The van der Waals surface area contributed by atoms with Crippen molar-refractivity contribution >= 4 is 11.3 Å². The molecule has 0 aliphatic carbocycles. The summed E-state index contributed by atoms with van der Waals surface area (Å²) < 4.78 is 2.96. The van der Waals surface area contributed by atoms with E-state index in [-0.39, 0.29) is 11.4 Å². The highest BCUT2D eigenvalue weighted by Crippen LogP contribution is 2.07. The molecule has 0 N–H and O–H groups in total. The lowest BCUT2D eigenvalue weighted by Gasteiger charge is -2.03. The minimum Gasteiger partial charge on any atom is -0.255 e. The van der Waals surface area contributed by atoms with Crippen LogP contribution in [-0.4, -0.2) is 30.0 Å². The van der Waals surface area contributed by atoms with E-state index in [0.717, 1.165) is 22.0 Å². The van der Waals surface area contributed by atoms with Crippen LogP contribution in [0, 0.1) is 6.92 Å². The molecule has 3 rings (SSSR count). The molecule has 96 valence electrons. The standard InChI is InChI=1S/C11H10N6OS/c1-8-13-16(11(18)19-8)7-10-12-14-15-17(10)9-5-3-2-4-6-9/h2-6H,7H2,1H3. The van der Waals surface area contributed by atoms with Crippen LogP contribution < -0.4 is 4.87 Å². The summed E-state index contributed by atoms with van der Waals surface area (Å²) in [6.45, 7) is 2.05. The van der Waals surface area contributed by atoms with Crippen LogP contribution in [0.2, 0.25) is 0 Å². The summed E-state index contributed by atoms with van der Waals surface area (Å²) in [6.07, 6.45) is 0. The fourth-order valence-corrected chi connectivity index (χ4v) is 2.32. The van der Waals surface area contributed by atoms with Gasteiger partial charge in [-0.3, -0.25) is 4.79 Å². The highest BCUT2D eigenvalue weighted by atomic mass is 32.1. The van der Waals surface area contributed by atoms with Gasteiger partial charge < -0.3 is 0 Å². The van der Waals surface area contributed by atoms with Crippen molar-refractivity contribution in [2.45, 2.75) is 13.5 Å². The van der Waals surface area contributed by atoms with Crippen LogP contribution in [0.15, 0.2) is 35.1 Å². The Bertz CT molecular complexity index is 744. The first kappa shape index (κ1) is 11.7. The summed E-state index contributed by atoms with van der Waals surface area (Å²) in [6, 6.07) is 9.52. The molecule has 0 amide bonds. The topological polar surface area (TPSA) is 78.5 Å². The molecule has 0 radical (unpaired) electrons. The molecule has 19 heavy (non-hydrogen) atoms. The predicted octanol–water partition coefficient (Wildman–Crippen LogP) is 0.637. The van der Waals surface area contributed by atoms with E-state index in [4.69, 9.17) is 0 Å². The van der Waals surface area contributed by atoms with Crippen molar-refractivity contribution in [3.8, 4) is 5.69 Å². The van der Waals surface area contributed by atoms with Gasteiger partial charge in [-0.15, -0.1) is 5.10 Å². The number of aryl methyl sites for hydroxylation is 1. The maximum atomic E-state index is 11.7. The van der Waals surface area contributed by atoms with Gasteiger partial charge in [0, 0.05) is 0 Å². The summed E-state index contributed by atoms with van der Waals surface area (Å²) in [5.74, 6) is 0.568. The monoisotopic (exact) mass is 274 g/mol. The van der Waals surface area contributed by atoms with Crippen LogP contribution in [0.4, 0.5) is 0 Å². The van der Waals surface area contributed by atoms with Gasteiger partial charge in [-0.2, -0.15) is 9.78 Å². The van der Waals surface area contributed by atoms with E-state index in [0.29, 0.717) is 5.82 Å². The maximum absolute atomic E-state index is 11.7. The summed E-state index contributed by atoms with van der Waals surface area (Å²) in [4.78, 5) is 11.5. The summed E-state index contributed by atoms with van der Waals surface area (Å²) >= 11 is 1.11. The van der Waals surface area contributed by atoms with Gasteiger partial charge in [0.05, 0.1) is 5.69 Å². The second-order valence-corrected chi connectivity index (χ2v) is 5.03. The Hall–Kier alpha value is -2.35. The van der Waals surface area contributed by atoms with Crippen LogP contribution >= 0.6 is 11.3 Å². The van der Waals surface area contributed by atoms with Gasteiger partial charge in [-0.25, -0.2) is 4.68 Å². The Morgan fingerprint density at radius 3 is 2.74 bits per heavy atom. The minimum atomic E-state index is -0.111. The lowest BCUT2D eigenvalue weighted by atomic mass is 10.3. The van der Waals surface area contributed by atoms with Crippen molar-refractivity contribution in [1.82, 2.24) is 30.0 Å². The smallest absolute Gasteiger partial charge is 0.255 e. The maximum Gasteiger partial charge on any atom is 0.325 e. The van der Waals surface area contributed by atoms with Gasteiger partial charge in [0.25, 0.3) is 0 Å². The van der Waals surface area contributed by atoms with Gasteiger partial charge in [-0.05, 0) is 29.5 Å². The zero-order chi connectivity index (χ0) is 13.2. The first-order chi connectivity index (χ1) is 9.24. The molecule has 0 aliphatic heterocycles. The number of hydrogen-bond acceptors (Lipinski definition) is 6. The second-order valence-electron chi connectivity index (χ2n) is 3.89. The van der Waals surface area contributed by atoms with Gasteiger partial charge in [0.1, 0.15) is 11.6 Å². The average molecular weight is 274 g/mol. The fraction of sp³-hybridized carbons (Fsp3) is 0.182. The van der Waals surface area contributed by atoms with E-state index >= 15 is 0 Å². The van der Waals surface area contributed by atoms with Crippen LogP contribution in [0.5, 0.6) is 0 Å². The first-order valence-electron chi connectivity index (χ1n) is 5.61. The number of rotatable bonds is 3. The zero-order valence-corrected chi connectivity index (χ0v) is 10.9. The summed E-state index contributed by atoms with van der Waals surface area (Å²) in [7, 11) is 0. The van der Waals surface area contributed by atoms with Gasteiger partial charge >= 0.3 is 4.87 Å². The van der Waals surface area contributed by atoms with Gasteiger partial charge in [0.2, 0.25) is 0 Å². The normalized spacial score (nSPS) is 10.8. The molecule has 0 aliphatic rings. The summed E-state index contributed by atoms with van der Waals surface area (Å²) in [5.41, 5.74) is 0.850. The Kier molecular flexibility index (Phi) is 2.92. The number of nitrogens with zero attached hydrogens (tertiary/aromatic N) is 6. The third-order valence-electron chi connectivity index (χ3n) is 2.53. The molecule has 3 aromatic rings. The highest BCUT2D eigenvalue weighted by Gasteiger charge is 2.11. The van der Waals surface area contributed by atoms with Crippen LogP contribution in [0.3, 0.4) is 0 Å². The second kappa shape index (κ2) is 4.73. The number of benzene rings is 1. The molecule has 0 bridgehead atoms. The molecule has 2 heterocycles. The van der Waals surface area contributed by atoms with Crippen molar-refractivity contribution in [3.05, 3.63) is 50.8 Å². The van der Waals surface area contributed by atoms with E-state index in [2.05, 4.69) is 20.6 Å². The van der Waals surface area contributed by atoms with Gasteiger partial charge in [0.15, 0.2) is 5.82 Å². The van der Waals surface area contributed by atoms with E-state index in [1.807, 2.05) is 30.3 Å². The summed E-state index contributed by atoms with van der Waals surface area (Å²) in [5, 5.41) is 16.4. The van der Waals surface area contributed by atoms with Crippen molar-refractivity contribution < 1.29 is 0 Å². The molecule has 0 fully saturated rings. The van der Waals surface area contributed by atoms with Crippen LogP contribution in [0.25, 0.3) is 5.69 Å². The Morgan fingerprint density at radius 2 is 2.05 bits per heavy atom. The largest absolute Gasteiger partial charge is 0.325 e. The Morgan fingerprint density at radius 1 is 1.26 bits per heavy atom.